The number of Topliss-reactive ketones (excluding diaryl/α,β-unsaturated/α-hetero) is 1. The molecule has 0 aromatic heterocycles. The molecule has 15 heteroatoms. The number of nitrogens with one attached hydrogen (secondary N) is 1. The minimum atomic E-state index is -1.28. The van der Waals surface area contributed by atoms with E-state index in [4.69, 9.17) is 33.3 Å². The minimum Gasteiger partial charge on any atom is -0.458 e. The normalized spacial score (nSPS) is 39.8. The number of carbonyl (C=O) groups is 4. The molecule has 1 aromatic carbocycles. The maximum Gasteiger partial charge on any atom is 0.311 e. The molecule has 4 saturated heterocycles. The Morgan fingerprint density at radius 1 is 1.03 bits per heavy atom. The van der Waals surface area contributed by atoms with Crippen molar-refractivity contribution in [1.29, 1.82) is 0 Å². The quantitative estimate of drug-likeness (QED) is 0.272. The number of esters is 2. The molecule has 0 saturated carbocycles. The maximum atomic E-state index is 14.5. The van der Waals surface area contributed by atoms with Gasteiger partial charge >= 0.3 is 11.9 Å². The minimum absolute atomic E-state index is 0.00818. The number of cyclic esters (lactones) is 1. The van der Waals surface area contributed by atoms with E-state index in [1.165, 1.54) is 0 Å². The maximum absolute atomic E-state index is 14.5. The summed E-state index contributed by atoms with van der Waals surface area (Å²) in [6.45, 7) is 14.3. The molecule has 0 spiro atoms. The average Bonchev–Trinajstić information content (AvgIpc) is 3.52. The lowest BCUT2D eigenvalue weighted by molar-refractivity contribution is -0.302. The lowest BCUT2D eigenvalue weighted by Gasteiger charge is -2.48. The van der Waals surface area contributed by atoms with Crippen LogP contribution in [0.4, 0.5) is 0 Å². The van der Waals surface area contributed by atoms with Crippen LogP contribution in [0.25, 0.3) is 0 Å². The van der Waals surface area contributed by atoms with Gasteiger partial charge in [-0.05, 0) is 66.6 Å². The molecule has 0 aliphatic carbocycles. The molecule has 324 valence electrons. The molecule has 1 amide bonds. The number of ketones is 1. The summed E-state index contributed by atoms with van der Waals surface area (Å²) in [5, 5.41) is 18.7. The second-order valence-electron chi connectivity index (χ2n) is 17.4. The van der Waals surface area contributed by atoms with Crippen LogP contribution in [0.2, 0.25) is 0 Å². The summed E-state index contributed by atoms with van der Waals surface area (Å²) in [6, 6.07) is 9.21. The molecule has 4 fully saturated rings. The standard InChI is InChI=1S/C43H65N3O12/c1-11-33-43(8)31(18-35(48)58-43)26(4)36(49)24(2)19-42(7)39(57-41-37(50)32(46(9)10)17-25(3)55-41)27(5)38(28(6)40(51)56-33)52-21-30(22-53-42)45-54-23-34(47)44-20-29-15-13-12-14-16-29/h12-16,24-28,31-33,37-39,41,50H,11,17-23H2,1-10H3,(H,44,47)/b45-30-/t24-,25-,26-,27+,28-,31+,32+,33-,37-,38+,39-,41+,42-,43+/m1/s1. The first-order valence-corrected chi connectivity index (χ1v) is 20.7. The number of benzene rings is 1. The van der Waals surface area contributed by atoms with E-state index in [1.807, 2.05) is 83.9 Å². The van der Waals surface area contributed by atoms with Crippen molar-refractivity contribution >= 4 is 29.3 Å². The van der Waals surface area contributed by atoms with Gasteiger partial charge in [-0.15, -0.1) is 0 Å². The molecule has 1 aromatic rings. The fourth-order valence-electron chi connectivity index (χ4n) is 9.43. The van der Waals surface area contributed by atoms with Crippen LogP contribution in [0.5, 0.6) is 0 Å². The van der Waals surface area contributed by atoms with E-state index in [1.54, 1.807) is 20.8 Å². The number of aliphatic hydroxyl groups excluding tert-OH is 1. The van der Waals surface area contributed by atoms with Gasteiger partial charge in [0.25, 0.3) is 5.91 Å². The number of rotatable bonds is 9. The molecule has 4 heterocycles. The molecule has 58 heavy (non-hydrogen) atoms. The largest absolute Gasteiger partial charge is 0.458 e. The monoisotopic (exact) mass is 815 g/mol. The third-order valence-corrected chi connectivity index (χ3v) is 12.7. The van der Waals surface area contributed by atoms with Gasteiger partial charge in [-0.25, -0.2) is 0 Å². The van der Waals surface area contributed by atoms with Gasteiger partial charge in [0.2, 0.25) is 0 Å². The van der Waals surface area contributed by atoms with Gasteiger partial charge in [0, 0.05) is 36.3 Å². The third-order valence-electron chi connectivity index (χ3n) is 12.7. The second kappa shape index (κ2) is 19.3. The van der Waals surface area contributed by atoms with Crippen molar-refractivity contribution in [1.82, 2.24) is 10.2 Å². The second-order valence-corrected chi connectivity index (χ2v) is 17.4. The molecule has 4 aliphatic heterocycles. The number of ether oxygens (including phenoxy) is 6. The number of aliphatic hydroxyl groups is 1. The summed E-state index contributed by atoms with van der Waals surface area (Å²) in [4.78, 5) is 61.9. The van der Waals surface area contributed by atoms with E-state index in [0.717, 1.165) is 5.56 Å². The zero-order valence-corrected chi connectivity index (χ0v) is 35.8. The molecular formula is C43H65N3O12. The van der Waals surface area contributed by atoms with E-state index in [2.05, 4.69) is 10.5 Å². The fraction of sp³-hybridized carbons (Fsp3) is 0.744. The van der Waals surface area contributed by atoms with Crippen molar-refractivity contribution in [2.75, 3.05) is 33.9 Å². The lowest BCUT2D eigenvalue weighted by Crippen LogP contribution is -2.60. The highest BCUT2D eigenvalue weighted by Crippen LogP contribution is 2.46. The fourth-order valence-corrected chi connectivity index (χ4v) is 9.43. The molecule has 4 aliphatic rings. The first-order chi connectivity index (χ1) is 27.4. The zero-order chi connectivity index (χ0) is 42.5. The van der Waals surface area contributed by atoms with Crippen LogP contribution in [0.15, 0.2) is 35.5 Å². The van der Waals surface area contributed by atoms with E-state index in [-0.39, 0.29) is 56.5 Å². The van der Waals surface area contributed by atoms with Crippen molar-refractivity contribution in [3.05, 3.63) is 35.9 Å². The van der Waals surface area contributed by atoms with Gasteiger partial charge in [0.05, 0.1) is 49.5 Å². The summed E-state index contributed by atoms with van der Waals surface area (Å²) in [7, 11) is 3.78. The highest BCUT2D eigenvalue weighted by Gasteiger charge is 2.57. The van der Waals surface area contributed by atoms with Crippen LogP contribution in [-0.4, -0.2) is 127 Å². The summed E-state index contributed by atoms with van der Waals surface area (Å²) in [5.74, 6) is -4.86. The molecule has 5 rings (SSSR count). The van der Waals surface area contributed by atoms with Crippen LogP contribution >= 0.6 is 0 Å². The Morgan fingerprint density at radius 2 is 1.74 bits per heavy atom. The first-order valence-electron chi connectivity index (χ1n) is 20.7. The highest BCUT2D eigenvalue weighted by atomic mass is 16.7. The SMILES string of the molecule is CC[C@H]1OC(=O)[C@H](C)[C@H]2OC/C(=N/OCC(=O)NCc3ccccc3)CO[C@](C)(C[C@@H](C)C(=O)[C@H](C)[C@@H]3CC(=O)O[C@]13C)[C@H](O[C@@H]1O[C@H](C)C[C@H](N(C)C)[C@H]1O)[C@H]2C. The predicted molar refractivity (Wildman–Crippen MR) is 212 cm³/mol. The van der Waals surface area contributed by atoms with Gasteiger partial charge in [-0.2, -0.15) is 0 Å². The van der Waals surface area contributed by atoms with Crippen molar-refractivity contribution < 1.29 is 57.5 Å². The van der Waals surface area contributed by atoms with Crippen LogP contribution in [0.1, 0.15) is 86.6 Å². The molecule has 2 N–H and O–H groups in total. The van der Waals surface area contributed by atoms with E-state index in [0.29, 0.717) is 25.1 Å². The van der Waals surface area contributed by atoms with Gasteiger partial charge in [-0.1, -0.05) is 63.2 Å². The van der Waals surface area contributed by atoms with Crippen molar-refractivity contribution in [2.45, 2.75) is 142 Å². The number of nitrogens with zero attached hydrogens (tertiary/aromatic N) is 2. The Bertz CT molecular complexity index is 1630. The predicted octanol–water partition coefficient (Wildman–Crippen LogP) is 3.82. The molecule has 0 radical (unpaired) electrons. The van der Waals surface area contributed by atoms with Crippen molar-refractivity contribution in [3.63, 3.8) is 0 Å². The Labute approximate surface area is 342 Å². The summed E-state index contributed by atoms with van der Waals surface area (Å²) < 4.78 is 38.7. The average molecular weight is 816 g/mol. The number of fused-ring (bicyclic) bond motifs is 4. The summed E-state index contributed by atoms with van der Waals surface area (Å²) in [6.07, 6.45) is -3.95. The molecule has 2 bridgehead atoms. The third kappa shape index (κ3) is 10.3. The highest BCUT2D eigenvalue weighted by molar-refractivity contribution is 5.87. The van der Waals surface area contributed by atoms with Crippen molar-refractivity contribution in [3.8, 4) is 0 Å². The molecule has 0 unspecified atom stereocenters. The van der Waals surface area contributed by atoms with Crippen molar-refractivity contribution in [2.24, 2.45) is 34.7 Å². The van der Waals surface area contributed by atoms with Crippen LogP contribution in [-0.2, 0) is 59.0 Å². The smallest absolute Gasteiger partial charge is 0.311 e. The molecule has 14 atom stereocenters. The molecule has 15 nitrogen and oxygen atoms in total. The number of likely N-dealkylation sites (N-methyl/N-ethyl adjacent to an activating group) is 1. The summed E-state index contributed by atoms with van der Waals surface area (Å²) in [5.41, 5.74) is -1.29. The lowest BCUT2D eigenvalue weighted by atomic mass is 9.70. The number of oxime groups is 1. The first kappa shape index (κ1) is 45.6. The van der Waals surface area contributed by atoms with Crippen LogP contribution in [0.3, 0.4) is 0 Å². The summed E-state index contributed by atoms with van der Waals surface area (Å²) >= 11 is 0. The topological polar surface area (TPSA) is 181 Å². The van der Waals surface area contributed by atoms with Gasteiger partial charge < -0.3 is 48.6 Å². The van der Waals surface area contributed by atoms with Gasteiger partial charge in [-0.3, -0.25) is 19.2 Å². The Morgan fingerprint density at radius 3 is 2.41 bits per heavy atom. The number of hydrogen-bond acceptors (Lipinski definition) is 14. The van der Waals surface area contributed by atoms with Crippen LogP contribution in [0, 0.1) is 29.6 Å². The Hall–Kier alpha value is -3.47. The van der Waals surface area contributed by atoms with Gasteiger partial charge in [0.15, 0.2) is 12.9 Å². The Balaban J connectivity index is 1.53. The number of amides is 1. The van der Waals surface area contributed by atoms with Gasteiger partial charge in [0.1, 0.15) is 29.3 Å². The van der Waals surface area contributed by atoms with E-state index < -0.39 is 83.4 Å². The Kier molecular flexibility index (Phi) is 15.2. The van der Waals surface area contributed by atoms with E-state index >= 15 is 0 Å². The van der Waals surface area contributed by atoms with E-state index in [9.17, 15) is 24.3 Å². The molecular weight excluding hydrogens is 750 g/mol. The number of carbonyl (C=O) groups excluding carboxylic acids is 4. The zero-order valence-electron chi connectivity index (χ0n) is 35.8. The number of hydrogen-bond donors (Lipinski definition) is 2. The van der Waals surface area contributed by atoms with Crippen LogP contribution < -0.4 is 5.32 Å².